The SMILES string of the molecule is CC(C)Oc1cc(N(CC(N)=O)C(C)C)ccc1N. The van der Waals surface area contributed by atoms with E-state index in [1.54, 1.807) is 6.07 Å². The molecule has 0 atom stereocenters. The van der Waals surface area contributed by atoms with E-state index < -0.39 is 0 Å². The third-order valence-electron chi connectivity index (χ3n) is 2.64. The van der Waals surface area contributed by atoms with Gasteiger partial charge in [0.25, 0.3) is 0 Å². The van der Waals surface area contributed by atoms with Gasteiger partial charge in [-0.1, -0.05) is 0 Å². The summed E-state index contributed by atoms with van der Waals surface area (Å²) < 4.78 is 5.65. The molecule has 0 aliphatic rings. The Balaban J connectivity index is 3.06. The number of benzene rings is 1. The molecule has 0 aromatic heterocycles. The molecule has 5 heteroatoms. The van der Waals surface area contributed by atoms with Crippen molar-refractivity contribution in [2.45, 2.75) is 39.8 Å². The fourth-order valence-electron chi connectivity index (χ4n) is 1.80. The van der Waals surface area contributed by atoms with E-state index in [-0.39, 0.29) is 24.6 Å². The van der Waals surface area contributed by atoms with Gasteiger partial charge >= 0.3 is 0 Å². The average Bonchev–Trinajstić information content (AvgIpc) is 2.28. The van der Waals surface area contributed by atoms with Gasteiger partial charge in [-0.2, -0.15) is 0 Å². The minimum atomic E-state index is -0.364. The molecule has 0 aliphatic heterocycles. The van der Waals surface area contributed by atoms with Crippen LogP contribution in [0.15, 0.2) is 18.2 Å². The summed E-state index contributed by atoms with van der Waals surface area (Å²) in [7, 11) is 0. The normalized spacial score (nSPS) is 10.8. The van der Waals surface area contributed by atoms with Gasteiger partial charge in [-0.15, -0.1) is 0 Å². The van der Waals surface area contributed by atoms with Crippen molar-refractivity contribution in [3.63, 3.8) is 0 Å². The summed E-state index contributed by atoms with van der Waals surface area (Å²) in [5.41, 5.74) is 12.6. The molecular weight excluding hydrogens is 242 g/mol. The molecule has 19 heavy (non-hydrogen) atoms. The minimum absolute atomic E-state index is 0.0428. The van der Waals surface area contributed by atoms with Gasteiger partial charge in [-0.25, -0.2) is 0 Å². The molecule has 1 aromatic rings. The molecule has 0 radical (unpaired) electrons. The van der Waals surface area contributed by atoms with Gasteiger partial charge in [0.1, 0.15) is 5.75 Å². The summed E-state index contributed by atoms with van der Waals surface area (Å²) in [5, 5.41) is 0. The van der Waals surface area contributed by atoms with Crippen LogP contribution >= 0.6 is 0 Å². The highest BCUT2D eigenvalue weighted by Crippen LogP contribution is 2.29. The van der Waals surface area contributed by atoms with E-state index in [0.29, 0.717) is 11.4 Å². The van der Waals surface area contributed by atoms with Crippen LogP contribution < -0.4 is 21.1 Å². The summed E-state index contributed by atoms with van der Waals surface area (Å²) in [6.07, 6.45) is 0.0428. The smallest absolute Gasteiger partial charge is 0.236 e. The summed E-state index contributed by atoms with van der Waals surface area (Å²) in [4.78, 5) is 13.1. The second kappa shape index (κ2) is 6.31. The Hall–Kier alpha value is -1.91. The molecule has 0 spiro atoms. The van der Waals surface area contributed by atoms with Crippen molar-refractivity contribution in [1.29, 1.82) is 0 Å². The van der Waals surface area contributed by atoms with Gasteiger partial charge in [-0.3, -0.25) is 4.79 Å². The van der Waals surface area contributed by atoms with Crippen LogP contribution in [0.2, 0.25) is 0 Å². The van der Waals surface area contributed by atoms with Crippen LogP contribution in [-0.2, 0) is 4.79 Å². The fourth-order valence-corrected chi connectivity index (χ4v) is 1.80. The van der Waals surface area contributed by atoms with Crippen LogP contribution in [0.3, 0.4) is 0 Å². The van der Waals surface area contributed by atoms with Crippen molar-refractivity contribution in [2.75, 3.05) is 17.2 Å². The first kappa shape index (κ1) is 15.1. The van der Waals surface area contributed by atoms with Gasteiger partial charge in [-0.05, 0) is 39.8 Å². The first-order chi connectivity index (χ1) is 8.81. The molecule has 0 unspecified atom stereocenters. The summed E-state index contributed by atoms with van der Waals surface area (Å²) in [6.45, 7) is 8.05. The third kappa shape index (κ3) is 4.35. The summed E-state index contributed by atoms with van der Waals surface area (Å²) >= 11 is 0. The first-order valence-corrected chi connectivity index (χ1v) is 6.42. The van der Waals surface area contributed by atoms with E-state index >= 15 is 0 Å². The highest BCUT2D eigenvalue weighted by Gasteiger charge is 2.15. The maximum atomic E-state index is 11.1. The zero-order chi connectivity index (χ0) is 14.6. The van der Waals surface area contributed by atoms with Crippen LogP contribution in [0.5, 0.6) is 5.75 Å². The number of nitrogens with zero attached hydrogens (tertiary/aromatic N) is 1. The number of hydrogen-bond acceptors (Lipinski definition) is 4. The molecular formula is C14H23N3O2. The van der Waals surface area contributed by atoms with Gasteiger partial charge in [0.15, 0.2) is 0 Å². The number of hydrogen-bond donors (Lipinski definition) is 2. The highest BCUT2D eigenvalue weighted by atomic mass is 16.5. The molecule has 0 bridgehead atoms. The van der Waals surface area contributed by atoms with Crippen LogP contribution in [-0.4, -0.2) is 24.6 Å². The molecule has 0 aliphatic carbocycles. The molecule has 1 aromatic carbocycles. The van der Waals surface area contributed by atoms with Gasteiger partial charge in [0.2, 0.25) is 5.91 Å². The molecule has 4 N–H and O–H groups in total. The Morgan fingerprint density at radius 1 is 1.32 bits per heavy atom. The zero-order valence-electron chi connectivity index (χ0n) is 12.0. The molecule has 106 valence electrons. The molecule has 0 fully saturated rings. The average molecular weight is 265 g/mol. The number of carbonyl (C=O) groups excluding carboxylic acids is 1. The topological polar surface area (TPSA) is 81.6 Å². The van der Waals surface area contributed by atoms with Crippen molar-refractivity contribution in [3.8, 4) is 5.75 Å². The minimum Gasteiger partial charge on any atom is -0.489 e. The number of anilines is 2. The lowest BCUT2D eigenvalue weighted by atomic mass is 10.2. The van der Waals surface area contributed by atoms with Crippen molar-refractivity contribution in [2.24, 2.45) is 5.73 Å². The molecule has 0 saturated heterocycles. The van der Waals surface area contributed by atoms with E-state index in [4.69, 9.17) is 16.2 Å². The predicted octanol–water partition coefficient (Wildman–Crippen LogP) is 1.76. The molecule has 1 rings (SSSR count). The van der Waals surface area contributed by atoms with Crippen molar-refractivity contribution in [3.05, 3.63) is 18.2 Å². The Bertz CT molecular complexity index is 444. The quantitative estimate of drug-likeness (QED) is 0.768. The summed E-state index contributed by atoms with van der Waals surface area (Å²) in [5.74, 6) is 0.263. The predicted molar refractivity (Wildman–Crippen MR) is 78.3 cm³/mol. The highest BCUT2D eigenvalue weighted by molar-refractivity contribution is 5.80. The van der Waals surface area contributed by atoms with Crippen molar-refractivity contribution >= 4 is 17.3 Å². The van der Waals surface area contributed by atoms with Gasteiger partial charge < -0.3 is 21.1 Å². The second-order valence-electron chi connectivity index (χ2n) is 5.08. The number of nitrogens with two attached hydrogens (primary N) is 2. The Morgan fingerprint density at radius 3 is 2.42 bits per heavy atom. The monoisotopic (exact) mass is 265 g/mol. The maximum absolute atomic E-state index is 11.1. The molecule has 5 nitrogen and oxygen atoms in total. The number of nitrogen functional groups attached to an aromatic ring is 1. The third-order valence-corrected chi connectivity index (χ3v) is 2.64. The fraction of sp³-hybridized carbons (Fsp3) is 0.500. The van der Waals surface area contributed by atoms with E-state index in [0.717, 1.165) is 5.69 Å². The van der Waals surface area contributed by atoms with Crippen LogP contribution in [0, 0.1) is 0 Å². The van der Waals surface area contributed by atoms with E-state index in [1.807, 2.05) is 44.7 Å². The zero-order valence-corrected chi connectivity index (χ0v) is 12.0. The van der Waals surface area contributed by atoms with E-state index in [1.165, 1.54) is 0 Å². The first-order valence-electron chi connectivity index (χ1n) is 6.42. The van der Waals surface area contributed by atoms with Gasteiger partial charge in [0, 0.05) is 17.8 Å². The number of amides is 1. The molecule has 1 amide bonds. The van der Waals surface area contributed by atoms with Crippen molar-refractivity contribution in [1.82, 2.24) is 0 Å². The standard InChI is InChI=1S/C14H23N3O2/c1-9(2)17(8-14(16)18)11-5-6-12(15)13(7-11)19-10(3)4/h5-7,9-10H,8,15H2,1-4H3,(H2,16,18). The molecule has 0 saturated carbocycles. The van der Waals surface area contributed by atoms with Gasteiger partial charge in [0.05, 0.1) is 18.3 Å². The lowest BCUT2D eigenvalue weighted by Gasteiger charge is -2.28. The number of primary amides is 1. The van der Waals surface area contributed by atoms with Crippen LogP contribution in [0.25, 0.3) is 0 Å². The Kier molecular flexibility index (Phi) is 5.03. The lowest BCUT2D eigenvalue weighted by molar-refractivity contribution is -0.116. The number of ether oxygens (including phenoxy) is 1. The second-order valence-corrected chi connectivity index (χ2v) is 5.08. The lowest BCUT2D eigenvalue weighted by Crippen LogP contribution is -2.38. The molecule has 0 heterocycles. The van der Waals surface area contributed by atoms with Crippen LogP contribution in [0.1, 0.15) is 27.7 Å². The largest absolute Gasteiger partial charge is 0.489 e. The Labute approximate surface area is 114 Å². The number of carbonyl (C=O) groups is 1. The van der Waals surface area contributed by atoms with Crippen molar-refractivity contribution < 1.29 is 9.53 Å². The van der Waals surface area contributed by atoms with Crippen LogP contribution in [0.4, 0.5) is 11.4 Å². The summed E-state index contributed by atoms with van der Waals surface area (Å²) in [6, 6.07) is 5.65. The maximum Gasteiger partial charge on any atom is 0.236 e. The van der Waals surface area contributed by atoms with E-state index in [2.05, 4.69) is 0 Å². The number of rotatable bonds is 6. The Morgan fingerprint density at radius 2 is 1.95 bits per heavy atom. The van der Waals surface area contributed by atoms with E-state index in [9.17, 15) is 4.79 Å².